The van der Waals surface area contributed by atoms with E-state index in [4.69, 9.17) is 4.74 Å². The number of aromatic nitrogens is 1. The third kappa shape index (κ3) is 3.82. The van der Waals surface area contributed by atoms with E-state index in [2.05, 4.69) is 0 Å². The van der Waals surface area contributed by atoms with Crippen LogP contribution in [-0.4, -0.2) is 29.6 Å². The second kappa shape index (κ2) is 8.31. The lowest BCUT2D eigenvalue weighted by Gasteiger charge is -2.38. The predicted octanol–water partition coefficient (Wildman–Crippen LogP) is 3.78. The van der Waals surface area contributed by atoms with Gasteiger partial charge < -0.3 is 15.1 Å². The zero-order valence-electron chi connectivity index (χ0n) is 16.5. The molecule has 0 radical (unpaired) electrons. The largest absolute Gasteiger partial charge is 0.508 e. The molecule has 4 rings (SSSR count). The molecule has 0 saturated carbocycles. The van der Waals surface area contributed by atoms with Crippen LogP contribution in [0.4, 0.5) is 19.4 Å². The quantitative estimate of drug-likeness (QED) is 0.480. The van der Waals surface area contributed by atoms with Gasteiger partial charge in [-0.3, -0.25) is 0 Å². The van der Waals surface area contributed by atoms with Crippen LogP contribution >= 0.6 is 0 Å². The molecule has 0 spiro atoms. The maximum absolute atomic E-state index is 14.5. The fourth-order valence-electron chi connectivity index (χ4n) is 3.91. The molecule has 2 heterocycles. The number of nitrogens with zero attached hydrogens (tertiary/aromatic N) is 2. The third-order valence-electron chi connectivity index (χ3n) is 5.48. The maximum Gasteiger partial charge on any atom is 0.508 e. The summed E-state index contributed by atoms with van der Waals surface area (Å²) in [5, 5.41) is 20.3. The first-order valence-electron chi connectivity index (χ1n) is 9.82. The standard InChI is InChI=1S/C23H21F2N2O4/c24-17-10-8-16(9-11-17)20-6-3-7-21(27(20)30)26-14-12-23(13-15-28,31-22(26)29)18-4-1-2-5-19(18)25/h1-11,28,30H,12-15H2/q+1. The number of ether oxygens (including phenoxy) is 1. The van der Waals surface area contributed by atoms with E-state index >= 15 is 0 Å². The Bertz CT molecular complexity index is 1110. The molecule has 2 N–H and O–H groups in total. The van der Waals surface area contributed by atoms with E-state index in [0.717, 1.165) is 4.73 Å². The van der Waals surface area contributed by atoms with E-state index in [1.54, 1.807) is 18.2 Å². The van der Waals surface area contributed by atoms with E-state index < -0.39 is 23.3 Å². The molecule has 1 aromatic heterocycles. The molecule has 1 atom stereocenters. The second-order valence-corrected chi connectivity index (χ2v) is 7.31. The van der Waals surface area contributed by atoms with Crippen molar-refractivity contribution in [2.24, 2.45) is 0 Å². The maximum atomic E-state index is 14.5. The minimum atomic E-state index is -1.30. The zero-order valence-corrected chi connectivity index (χ0v) is 16.5. The van der Waals surface area contributed by atoms with Crippen molar-refractivity contribution in [3.63, 3.8) is 0 Å². The Morgan fingerprint density at radius 1 is 1.03 bits per heavy atom. The van der Waals surface area contributed by atoms with Gasteiger partial charge in [-0.1, -0.05) is 18.2 Å². The molecular weight excluding hydrogens is 406 g/mol. The molecule has 6 nitrogen and oxygen atoms in total. The highest BCUT2D eigenvalue weighted by molar-refractivity contribution is 5.87. The number of cyclic esters (lactones) is 1. The molecule has 8 heteroatoms. The Hall–Kier alpha value is -3.52. The van der Waals surface area contributed by atoms with Gasteiger partial charge in [-0.15, -0.1) is 0 Å². The summed E-state index contributed by atoms with van der Waals surface area (Å²) in [6.07, 6.45) is -0.523. The number of halogens is 2. The van der Waals surface area contributed by atoms with Crippen molar-refractivity contribution in [2.75, 3.05) is 18.1 Å². The fraction of sp³-hybridized carbons (Fsp3) is 0.217. The van der Waals surface area contributed by atoms with Crippen LogP contribution in [0.1, 0.15) is 18.4 Å². The molecule has 1 saturated heterocycles. The van der Waals surface area contributed by atoms with Gasteiger partial charge in [0.05, 0.1) is 0 Å². The summed E-state index contributed by atoms with van der Waals surface area (Å²) in [7, 11) is 0. The first-order valence-corrected chi connectivity index (χ1v) is 9.82. The molecule has 1 fully saturated rings. The number of carbonyl (C=O) groups excluding carboxylic acids is 1. The Labute approximate surface area is 177 Å². The normalized spacial score (nSPS) is 18.7. The minimum absolute atomic E-state index is 0.0439. The number of amides is 1. The number of hydrogen-bond acceptors (Lipinski definition) is 4. The summed E-state index contributed by atoms with van der Waals surface area (Å²) in [6, 6.07) is 16.4. The van der Waals surface area contributed by atoms with Crippen molar-refractivity contribution in [3.05, 3.63) is 83.9 Å². The van der Waals surface area contributed by atoms with Gasteiger partial charge in [0.2, 0.25) is 0 Å². The van der Waals surface area contributed by atoms with Crippen LogP contribution in [0.3, 0.4) is 0 Å². The zero-order chi connectivity index (χ0) is 22.0. The van der Waals surface area contributed by atoms with Gasteiger partial charge in [0, 0.05) is 36.6 Å². The lowest BCUT2D eigenvalue weighted by molar-refractivity contribution is -0.885. The van der Waals surface area contributed by atoms with Gasteiger partial charge >= 0.3 is 11.9 Å². The van der Waals surface area contributed by atoms with Crippen molar-refractivity contribution < 1.29 is 33.4 Å². The molecule has 1 aliphatic rings. The molecule has 1 aliphatic heterocycles. The van der Waals surface area contributed by atoms with Crippen LogP contribution in [-0.2, 0) is 10.3 Å². The smallest absolute Gasteiger partial charge is 0.419 e. The number of anilines is 1. The number of carbonyl (C=O) groups is 1. The van der Waals surface area contributed by atoms with Crippen LogP contribution in [0, 0.1) is 11.6 Å². The lowest BCUT2D eigenvalue weighted by Crippen LogP contribution is -2.53. The van der Waals surface area contributed by atoms with Gasteiger partial charge in [-0.05, 0) is 47.2 Å². The van der Waals surface area contributed by atoms with Crippen LogP contribution < -0.4 is 9.63 Å². The lowest BCUT2D eigenvalue weighted by atomic mass is 9.85. The summed E-state index contributed by atoms with van der Waals surface area (Å²) in [6.45, 7) is -0.164. The number of pyridine rings is 1. The molecule has 3 aromatic rings. The van der Waals surface area contributed by atoms with E-state index in [1.807, 2.05) is 0 Å². The molecule has 0 aliphatic carbocycles. The number of rotatable bonds is 5. The number of hydrogen-bond donors (Lipinski definition) is 2. The second-order valence-electron chi connectivity index (χ2n) is 7.31. The van der Waals surface area contributed by atoms with Crippen molar-refractivity contribution in [2.45, 2.75) is 18.4 Å². The van der Waals surface area contributed by atoms with Crippen molar-refractivity contribution in [1.29, 1.82) is 0 Å². The Kier molecular flexibility index (Phi) is 5.56. The van der Waals surface area contributed by atoms with Crippen molar-refractivity contribution in [1.82, 2.24) is 0 Å². The monoisotopic (exact) mass is 427 g/mol. The predicted molar refractivity (Wildman–Crippen MR) is 107 cm³/mol. The molecule has 31 heavy (non-hydrogen) atoms. The molecule has 2 aromatic carbocycles. The average Bonchev–Trinajstić information content (AvgIpc) is 2.76. The van der Waals surface area contributed by atoms with Gasteiger partial charge in [0.1, 0.15) is 23.8 Å². The fourth-order valence-corrected chi connectivity index (χ4v) is 3.91. The summed E-state index contributed by atoms with van der Waals surface area (Å²) < 4.78 is 34.2. The average molecular weight is 427 g/mol. The van der Waals surface area contributed by atoms with Gasteiger partial charge in [-0.25, -0.2) is 8.78 Å². The summed E-state index contributed by atoms with van der Waals surface area (Å²) >= 11 is 0. The van der Waals surface area contributed by atoms with E-state index in [-0.39, 0.29) is 37.4 Å². The van der Waals surface area contributed by atoms with E-state index in [0.29, 0.717) is 11.3 Å². The Balaban J connectivity index is 1.66. The highest BCUT2D eigenvalue weighted by Gasteiger charge is 2.48. The summed E-state index contributed by atoms with van der Waals surface area (Å²) in [5.74, 6) is -0.775. The Morgan fingerprint density at radius 3 is 2.45 bits per heavy atom. The minimum Gasteiger partial charge on any atom is -0.419 e. The molecule has 160 valence electrons. The van der Waals surface area contributed by atoms with E-state index in [1.165, 1.54) is 53.4 Å². The van der Waals surface area contributed by atoms with Crippen LogP contribution in [0.2, 0.25) is 0 Å². The summed E-state index contributed by atoms with van der Waals surface area (Å²) in [4.78, 5) is 14.2. The SMILES string of the molecule is O=C1OC(CCO)(c2ccccc2F)CCN1c1cccc(-c2ccc(F)cc2)[n+]1O. The van der Waals surface area contributed by atoms with Crippen molar-refractivity contribution in [3.8, 4) is 11.3 Å². The number of aliphatic hydroxyl groups excluding tert-OH is 1. The highest BCUT2D eigenvalue weighted by Crippen LogP contribution is 2.39. The Morgan fingerprint density at radius 2 is 1.77 bits per heavy atom. The third-order valence-corrected chi connectivity index (χ3v) is 5.48. The van der Waals surface area contributed by atoms with Gasteiger partial charge in [0.15, 0.2) is 5.69 Å². The van der Waals surface area contributed by atoms with E-state index in [9.17, 15) is 23.9 Å². The highest BCUT2D eigenvalue weighted by atomic mass is 19.1. The first-order chi connectivity index (χ1) is 14.9. The van der Waals surface area contributed by atoms with Crippen molar-refractivity contribution >= 4 is 11.9 Å². The van der Waals surface area contributed by atoms with Crippen LogP contribution in [0.25, 0.3) is 11.3 Å². The molecule has 1 amide bonds. The van der Waals surface area contributed by atoms with Gasteiger partial charge in [0.25, 0.3) is 0 Å². The number of benzene rings is 2. The van der Waals surface area contributed by atoms with Gasteiger partial charge in [-0.2, -0.15) is 9.69 Å². The molecule has 0 bridgehead atoms. The first kappa shape index (κ1) is 20.7. The molecular formula is C23H21F2N2O4+. The summed E-state index contributed by atoms with van der Waals surface area (Å²) in [5.41, 5.74) is -0.194. The van der Waals surface area contributed by atoms with Crippen LogP contribution in [0.15, 0.2) is 66.7 Å². The molecule has 1 unspecified atom stereocenters. The number of aliphatic hydroxyl groups is 1. The topological polar surface area (TPSA) is 73.9 Å². The van der Waals surface area contributed by atoms with Crippen LogP contribution in [0.5, 0.6) is 0 Å².